The van der Waals surface area contributed by atoms with Crippen molar-refractivity contribution in [3.05, 3.63) is 71.8 Å². The molecule has 0 N–H and O–H groups in total. The van der Waals surface area contributed by atoms with Crippen LogP contribution >= 0.6 is 0 Å². The van der Waals surface area contributed by atoms with E-state index < -0.39 is 0 Å². The average molecular weight is 266 g/mol. The molecule has 0 atom stereocenters. The first-order chi connectivity index (χ1) is 7.86. The van der Waals surface area contributed by atoms with Crippen molar-refractivity contribution in [2.24, 2.45) is 0 Å². The van der Waals surface area contributed by atoms with Crippen LogP contribution in [-0.4, -0.2) is 50.3 Å². The molecule has 0 radical (unpaired) electrons. The van der Waals surface area contributed by atoms with E-state index in [9.17, 15) is 9.59 Å². The first-order valence-electron chi connectivity index (χ1n) is 4.73. The maximum Gasteiger partial charge on any atom is 2.00 e. The minimum absolute atomic E-state index is 0. The number of rotatable bonds is 2. The van der Waals surface area contributed by atoms with Gasteiger partial charge in [0.25, 0.3) is 0 Å². The van der Waals surface area contributed by atoms with Crippen molar-refractivity contribution in [2.75, 3.05) is 0 Å². The van der Waals surface area contributed by atoms with Crippen molar-refractivity contribution < 1.29 is 9.59 Å². The van der Waals surface area contributed by atoms with Gasteiger partial charge in [0, 0.05) is 0 Å². The Labute approximate surface area is 138 Å². The van der Waals surface area contributed by atoms with Crippen LogP contribution in [0, 0.1) is 0 Å². The van der Waals surface area contributed by atoms with Crippen molar-refractivity contribution in [3.8, 4) is 0 Å². The van der Waals surface area contributed by atoms with Gasteiger partial charge in [0.15, 0.2) is 0 Å². The second-order valence-corrected chi connectivity index (χ2v) is 2.94. The Hall–Kier alpha value is -0.960. The molecule has 2 rings (SSSR count). The predicted molar refractivity (Wildman–Crippen MR) is 75.0 cm³/mol. The van der Waals surface area contributed by atoms with Gasteiger partial charge in [0.2, 0.25) is 0 Å². The third-order valence-electron chi connectivity index (χ3n) is 1.78. The van der Waals surface area contributed by atoms with Crippen LogP contribution in [0.15, 0.2) is 60.7 Å². The summed E-state index contributed by atoms with van der Waals surface area (Å²) >= 11 is 0. The van der Waals surface area contributed by atoms with Gasteiger partial charge >= 0.3 is 37.7 Å². The van der Waals surface area contributed by atoms with E-state index in [-0.39, 0.29) is 45.2 Å². The standard InChI is InChI=1S/2C7H5O.CH4.Ca/c2*8-6-7-4-2-1-3-5-7;;/h2*1-5H;1H4;/q2*-1;;+2. The third-order valence-corrected chi connectivity index (χ3v) is 1.78. The molecule has 2 aromatic rings. The second-order valence-electron chi connectivity index (χ2n) is 2.94. The Balaban J connectivity index is 0. The fraction of sp³-hybridized carbons (Fsp3) is 0.0667. The molecule has 18 heavy (non-hydrogen) atoms. The SMILES string of the molecule is C.O=[C-]c1ccccc1.O=[C-]c1ccccc1.[Ca+2]. The summed E-state index contributed by atoms with van der Waals surface area (Å²) in [7, 11) is 0. The molecule has 0 spiro atoms. The molecule has 0 saturated carbocycles. The monoisotopic (exact) mass is 266 g/mol. The van der Waals surface area contributed by atoms with Gasteiger partial charge in [-0.25, -0.2) is 0 Å². The van der Waals surface area contributed by atoms with Crippen LogP contribution in [0.5, 0.6) is 0 Å². The van der Waals surface area contributed by atoms with E-state index in [0.29, 0.717) is 11.1 Å². The summed E-state index contributed by atoms with van der Waals surface area (Å²) in [5, 5.41) is 0. The van der Waals surface area contributed by atoms with E-state index >= 15 is 0 Å². The summed E-state index contributed by atoms with van der Waals surface area (Å²) in [6, 6.07) is 17.8. The third kappa shape index (κ3) is 8.18. The van der Waals surface area contributed by atoms with Crippen LogP contribution in [0.2, 0.25) is 0 Å². The fourth-order valence-electron chi connectivity index (χ4n) is 1.01. The Morgan fingerprint density at radius 2 is 0.889 bits per heavy atom. The van der Waals surface area contributed by atoms with Gasteiger partial charge in [-0.05, 0) is 0 Å². The van der Waals surface area contributed by atoms with Gasteiger partial charge in [-0.3, -0.25) is 0 Å². The smallest absolute Gasteiger partial charge is 0.376 e. The van der Waals surface area contributed by atoms with Crippen molar-refractivity contribution in [1.82, 2.24) is 0 Å². The molecule has 0 saturated heterocycles. The van der Waals surface area contributed by atoms with E-state index in [4.69, 9.17) is 0 Å². The Kier molecular flexibility index (Phi) is 13.5. The van der Waals surface area contributed by atoms with Gasteiger partial charge in [-0.15, -0.1) is 24.3 Å². The minimum atomic E-state index is 0. The molecule has 0 aromatic heterocycles. The van der Waals surface area contributed by atoms with E-state index in [2.05, 4.69) is 0 Å². The molecule has 2 aromatic carbocycles. The van der Waals surface area contributed by atoms with Crippen molar-refractivity contribution in [1.29, 1.82) is 0 Å². The quantitative estimate of drug-likeness (QED) is 0.618. The van der Waals surface area contributed by atoms with Gasteiger partial charge in [-0.2, -0.15) is 35.4 Å². The number of hydrogen-bond acceptors (Lipinski definition) is 2. The molecular weight excluding hydrogens is 252 g/mol. The van der Waals surface area contributed by atoms with Gasteiger partial charge < -0.3 is 9.59 Å². The zero-order valence-corrected chi connectivity index (χ0v) is 11.5. The molecule has 0 aliphatic heterocycles. The normalized spacial score (nSPS) is 7.56. The van der Waals surface area contributed by atoms with Crippen LogP contribution in [0.3, 0.4) is 0 Å². The molecule has 0 fully saturated rings. The van der Waals surface area contributed by atoms with E-state index in [1.54, 1.807) is 61.1 Å². The van der Waals surface area contributed by atoms with Gasteiger partial charge in [0.05, 0.1) is 12.6 Å². The number of benzene rings is 2. The second kappa shape index (κ2) is 12.5. The summed E-state index contributed by atoms with van der Waals surface area (Å²) in [6.07, 6.45) is 3.55. The summed E-state index contributed by atoms with van der Waals surface area (Å²) in [5.41, 5.74) is 1.21. The predicted octanol–water partition coefficient (Wildman–Crippen LogP) is 2.54. The Bertz CT molecular complexity index is 383. The van der Waals surface area contributed by atoms with Crippen molar-refractivity contribution in [2.45, 2.75) is 7.43 Å². The average Bonchev–Trinajstić information content (AvgIpc) is 2.41. The maximum absolute atomic E-state index is 9.88. The zero-order chi connectivity index (χ0) is 11.6. The molecule has 0 amide bonds. The summed E-state index contributed by atoms with van der Waals surface area (Å²) in [6.45, 7) is 0. The summed E-state index contributed by atoms with van der Waals surface area (Å²) in [4.78, 5) is 19.8. The van der Waals surface area contributed by atoms with Crippen molar-refractivity contribution in [3.63, 3.8) is 0 Å². The van der Waals surface area contributed by atoms with Gasteiger partial charge in [-0.1, -0.05) is 19.6 Å². The van der Waals surface area contributed by atoms with Crippen LogP contribution in [0.4, 0.5) is 0 Å². The Morgan fingerprint density at radius 1 is 0.611 bits per heavy atom. The molecule has 0 bridgehead atoms. The number of carbonyl (C=O) groups excluding carboxylic acids is 2. The molecule has 88 valence electrons. The maximum atomic E-state index is 9.88. The Morgan fingerprint density at radius 3 is 1.06 bits per heavy atom. The van der Waals surface area contributed by atoms with E-state index in [1.807, 2.05) is 12.1 Å². The zero-order valence-electron chi connectivity index (χ0n) is 9.30. The summed E-state index contributed by atoms with van der Waals surface area (Å²) < 4.78 is 0. The van der Waals surface area contributed by atoms with Gasteiger partial charge in [0.1, 0.15) is 0 Å². The van der Waals surface area contributed by atoms with E-state index in [1.165, 1.54) is 0 Å². The van der Waals surface area contributed by atoms with Crippen molar-refractivity contribution >= 4 is 50.3 Å². The van der Waals surface area contributed by atoms with Crippen LogP contribution in [-0.2, 0) is 9.59 Å². The molecular formula is C15H14CaO2. The first-order valence-corrected chi connectivity index (χ1v) is 4.73. The molecule has 3 heteroatoms. The van der Waals surface area contributed by atoms with Crippen LogP contribution in [0.25, 0.3) is 0 Å². The van der Waals surface area contributed by atoms with Crippen LogP contribution in [0.1, 0.15) is 18.6 Å². The molecule has 0 aliphatic carbocycles. The molecule has 2 nitrogen and oxygen atoms in total. The number of hydrogen-bond donors (Lipinski definition) is 0. The summed E-state index contributed by atoms with van der Waals surface area (Å²) in [5.74, 6) is 0. The largest absolute Gasteiger partial charge is 2.00 e. The van der Waals surface area contributed by atoms with Crippen LogP contribution < -0.4 is 0 Å². The molecule has 0 aliphatic rings. The molecule has 0 heterocycles. The van der Waals surface area contributed by atoms with E-state index in [0.717, 1.165) is 0 Å². The topological polar surface area (TPSA) is 34.1 Å². The first kappa shape index (κ1) is 19.4. The fourth-order valence-corrected chi connectivity index (χ4v) is 1.01. The molecule has 0 unspecified atom stereocenters. The minimum Gasteiger partial charge on any atom is -0.376 e.